The third-order valence-corrected chi connectivity index (χ3v) is 6.81. The smallest absolute Gasteiger partial charge is 0.317 e. The maximum Gasteiger partial charge on any atom is 0.317 e. The van der Waals surface area contributed by atoms with E-state index in [1.165, 1.54) is 5.56 Å². The normalized spacial score (nSPS) is 23.2. The first-order chi connectivity index (χ1) is 15.6. The van der Waals surface area contributed by atoms with Crippen LogP contribution in [0.25, 0.3) is 0 Å². The molecule has 2 atom stereocenters. The highest BCUT2D eigenvalue weighted by Gasteiger charge is 2.54. The van der Waals surface area contributed by atoms with Gasteiger partial charge in [-0.1, -0.05) is 60.7 Å². The third-order valence-electron chi connectivity index (χ3n) is 6.81. The van der Waals surface area contributed by atoms with Gasteiger partial charge in [0.15, 0.2) is 0 Å². The molecule has 2 aliphatic rings. The first kappa shape index (κ1) is 20.7. The zero-order valence-electron chi connectivity index (χ0n) is 18.4. The van der Waals surface area contributed by atoms with E-state index >= 15 is 0 Å². The van der Waals surface area contributed by atoms with Gasteiger partial charge in [-0.25, -0.2) is 4.79 Å². The molecule has 32 heavy (non-hydrogen) atoms. The molecule has 2 aliphatic heterocycles. The van der Waals surface area contributed by atoms with Crippen molar-refractivity contribution in [2.24, 2.45) is 5.92 Å². The highest BCUT2D eigenvalue weighted by molar-refractivity contribution is 5.74. The van der Waals surface area contributed by atoms with Crippen LogP contribution in [-0.4, -0.2) is 52.2 Å². The molecule has 1 N–H and O–H groups in total. The van der Waals surface area contributed by atoms with E-state index in [2.05, 4.69) is 44.7 Å². The molecular weight excluding hydrogens is 402 g/mol. The van der Waals surface area contributed by atoms with Crippen LogP contribution in [0, 0.1) is 12.8 Å². The number of hydrogen-bond acceptors (Lipinski definition) is 5. The molecule has 7 heteroatoms. The summed E-state index contributed by atoms with van der Waals surface area (Å²) in [5, 5.41) is 11.6. The summed E-state index contributed by atoms with van der Waals surface area (Å²) in [6.45, 7) is 6.39. The molecule has 166 valence electrons. The monoisotopic (exact) mass is 431 g/mol. The SMILES string of the molecule is Cc1nnc([C@]23CCN(C(=O)NCc4ccccc4)C[C@H]2CN(Cc2ccccc2)C3)o1. The maximum atomic E-state index is 12.9. The van der Waals surface area contributed by atoms with E-state index in [-0.39, 0.29) is 17.4 Å². The molecule has 2 aromatic carbocycles. The molecule has 0 aliphatic carbocycles. The molecule has 2 fully saturated rings. The Labute approximate surface area is 188 Å². The van der Waals surface area contributed by atoms with Gasteiger partial charge in [-0.3, -0.25) is 4.90 Å². The highest BCUT2D eigenvalue weighted by atomic mass is 16.4. The van der Waals surface area contributed by atoms with Crippen molar-refractivity contribution in [3.63, 3.8) is 0 Å². The Kier molecular flexibility index (Phi) is 5.66. The van der Waals surface area contributed by atoms with Crippen LogP contribution in [-0.2, 0) is 18.5 Å². The molecule has 0 spiro atoms. The fraction of sp³-hybridized carbons (Fsp3) is 0.400. The summed E-state index contributed by atoms with van der Waals surface area (Å²) < 4.78 is 5.96. The van der Waals surface area contributed by atoms with Gasteiger partial charge < -0.3 is 14.6 Å². The average molecular weight is 432 g/mol. The van der Waals surface area contributed by atoms with Gasteiger partial charge in [0.05, 0.1) is 5.41 Å². The van der Waals surface area contributed by atoms with E-state index in [1.807, 2.05) is 48.2 Å². The zero-order valence-corrected chi connectivity index (χ0v) is 18.4. The number of aromatic nitrogens is 2. The number of nitrogens with zero attached hydrogens (tertiary/aromatic N) is 4. The second-order valence-electron chi connectivity index (χ2n) is 8.97. The summed E-state index contributed by atoms with van der Waals surface area (Å²) in [6, 6.07) is 20.5. The second-order valence-corrected chi connectivity index (χ2v) is 8.97. The number of nitrogens with one attached hydrogen (secondary N) is 1. The molecule has 1 aromatic heterocycles. The van der Waals surface area contributed by atoms with Crippen molar-refractivity contribution in [3.8, 4) is 0 Å². The Bertz CT molecular complexity index is 1050. The Balaban J connectivity index is 1.31. The largest absolute Gasteiger partial charge is 0.425 e. The molecule has 3 aromatic rings. The average Bonchev–Trinajstić information content (AvgIpc) is 3.42. The number of urea groups is 1. The van der Waals surface area contributed by atoms with Crippen LogP contribution in [0.4, 0.5) is 4.79 Å². The Hall–Kier alpha value is -3.19. The first-order valence-electron chi connectivity index (χ1n) is 11.3. The van der Waals surface area contributed by atoms with Gasteiger partial charge in [-0.05, 0) is 17.5 Å². The van der Waals surface area contributed by atoms with E-state index in [9.17, 15) is 4.79 Å². The van der Waals surface area contributed by atoms with Gasteiger partial charge in [0.25, 0.3) is 0 Å². The lowest BCUT2D eigenvalue weighted by molar-refractivity contribution is 0.116. The third kappa shape index (κ3) is 4.12. The van der Waals surface area contributed by atoms with Crippen LogP contribution >= 0.6 is 0 Å². The van der Waals surface area contributed by atoms with Gasteiger partial charge in [-0.2, -0.15) is 0 Å². The molecule has 0 radical (unpaired) electrons. The lowest BCUT2D eigenvalue weighted by Crippen LogP contribution is -2.53. The lowest BCUT2D eigenvalue weighted by atomic mass is 9.72. The number of fused-ring (bicyclic) bond motifs is 1. The molecule has 0 saturated carbocycles. The Morgan fingerprint density at radius 1 is 1.06 bits per heavy atom. The first-order valence-corrected chi connectivity index (χ1v) is 11.3. The summed E-state index contributed by atoms with van der Waals surface area (Å²) in [5.41, 5.74) is 2.19. The zero-order chi connectivity index (χ0) is 22.0. The minimum absolute atomic E-state index is 0.00864. The van der Waals surface area contributed by atoms with Crippen molar-refractivity contribution in [3.05, 3.63) is 83.6 Å². The van der Waals surface area contributed by atoms with Crippen LogP contribution in [0.1, 0.15) is 29.3 Å². The van der Waals surface area contributed by atoms with Crippen molar-refractivity contribution in [2.75, 3.05) is 26.2 Å². The number of piperidine rings is 1. The van der Waals surface area contributed by atoms with Gasteiger partial charge in [-0.15, -0.1) is 10.2 Å². The van der Waals surface area contributed by atoms with E-state index in [4.69, 9.17) is 4.42 Å². The summed E-state index contributed by atoms with van der Waals surface area (Å²) >= 11 is 0. The molecule has 5 rings (SSSR count). The fourth-order valence-corrected chi connectivity index (χ4v) is 5.17. The quantitative estimate of drug-likeness (QED) is 0.671. The van der Waals surface area contributed by atoms with Crippen LogP contribution in [0.2, 0.25) is 0 Å². The Morgan fingerprint density at radius 3 is 2.47 bits per heavy atom. The van der Waals surface area contributed by atoms with Crippen molar-refractivity contribution in [1.82, 2.24) is 25.3 Å². The summed E-state index contributed by atoms with van der Waals surface area (Å²) in [6.07, 6.45) is 0.823. The van der Waals surface area contributed by atoms with Crippen molar-refractivity contribution >= 4 is 6.03 Å². The molecule has 3 heterocycles. The second kappa shape index (κ2) is 8.74. The number of aryl methyl sites for hydroxylation is 1. The molecule has 2 saturated heterocycles. The Morgan fingerprint density at radius 2 is 1.78 bits per heavy atom. The van der Waals surface area contributed by atoms with Crippen molar-refractivity contribution < 1.29 is 9.21 Å². The van der Waals surface area contributed by atoms with Gasteiger partial charge in [0.1, 0.15) is 0 Å². The minimum Gasteiger partial charge on any atom is -0.425 e. The minimum atomic E-state index is -0.202. The van der Waals surface area contributed by atoms with Crippen LogP contribution in [0.15, 0.2) is 65.1 Å². The van der Waals surface area contributed by atoms with Crippen molar-refractivity contribution in [1.29, 1.82) is 0 Å². The summed E-state index contributed by atoms with van der Waals surface area (Å²) in [7, 11) is 0. The topological polar surface area (TPSA) is 74.5 Å². The van der Waals surface area contributed by atoms with E-state index in [1.54, 1.807) is 0 Å². The summed E-state index contributed by atoms with van der Waals surface area (Å²) in [5.74, 6) is 1.57. The molecule has 0 unspecified atom stereocenters. The van der Waals surface area contributed by atoms with E-state index in [0.717, 1.165) is 37.5 Å². The van der Waals surface area contributed by atoms with E-state index < -0.39 is 0 Å². The fourth-order valence-electron chi connectivity index (χ4n) is 5.17. The molecule has 7 nitrogen and oxygen atoms in total. The molecule has 0 bridgehead atoms. The number of amides is 2. The number of hydrogen-bond donors (Lipinski definition) is 1. The lowest BCUT2D eigenvalue weighted by Gasteiger charge is -2.41. The number of carbonyl (C=O) groups excluding carboxylic acids is 1. The van der Waals surface area contributed by atoms with Gasteiger partial charge in [0, 0.05) is 52.1 Å². The number of benzene rings is 2. The predicted octanol–water partition coefficient (Wildman–Crippen LogP) is 3.36. The van der Waals surface area contributed by atoms with E-state index in [0.29, 0.717) is 25.5 Å². The van der Waals surface area contributed by atoms with Crippen molar-refractivity contribution in [2.45, 2.75) is 31.8 Å². The van der Waals surface area contributed by atoms with Gasteiger partial charge in [0.2, 0.25) is 11.8 Å². The van der Waals surface area contributed by atoms with Crippen LogP contribution < -0.4 is 5.32 Å². The molecule has 2 amide bonds. The summed E-state index contributed by atoms with van der Waals surface area (Å²) in [4.78, 5) is 17.3. The molecular formula is C25H29N5O2. The number of rotatable bonds is 5. The van der Waals surface area contributed by atoms with Gasteiger partial charge >= 0.3 is 6.03 Å². The van der Waals surface area contributed by atoms with Crippen LogP contribution in [0.5, 0.6) is 0 Å². The highest BCUT2D eigenvalue weighted by Crippen LogP contribution is 2.45. The number of likely N-dealkylation sites (tertiary alicyclic amines) is 2. The van der Waals surface area contributed by atoms with Crippen LogP contribution in [0.3, 0.4) is 0 Å². The predicted molar refractivity (Wildman–Crippen MR) is 121 cm³/mol. The maximum absolute atomic E-state index is 12.9. The number of carbonyl (C=O) groups is 1. The standard InChI is InChI=1S/C25H29N5O2/c1-19-27-28-23(32-19)25-12-13-30(24(31)26-14-20-8-4-2-5-9-20)17-22(25)16-29(18-25)15-21-10-6-3-7-11-21/h2-11,22H,12-18H2,1H3,(H,26,31)/t22-,25+/m1/s1.